The fraction of sp³-hybridized carbons (Fsp3) is 0.333. The molecular weight excluding hydrogens is 258 g/mol. The summed E-state index contributed by atoms with van der Waals surface area (Å²) in [5.74, 6) is -2.58. The van der Waals surface area contributed by atoms with Gasteiger partial charge in [0.1, 0.15) is 17.2 Å². The summed E-state index contributed by atoms with van der Waals surface area (Å²) in [4.78, 5) is 22.4. The first-order valence-corrected chi connectivity index (χ1v) is 5.62. The SMILES string of the molecule is Cc1cc(F)c(NC(=O)NC2(C(=O)O)CC2)cc1F. The summed E-state index contributed by atoms with van der Waals surface area (Å²) in [5, 5.41) is 13.2. The zero-order chi connectivity index (χ0) is 14.2. The molecule has 2 amide bonds. The van der Waals surface area contributed by atoms with E-state index in [2.05, 4.69) is 10.6 Å². The predicted octanol–water partition coefficient (Wildman–Crippen LogP) is 2.01. The summed E-state index contributed by atoms with van der Waals surface area (Å²) < 4.78 is 26.7. The predicted molar refractivity (Wildman–Crippen MR) is 62.9 cm³/mol. The lowest BCUT2D eigenvalue weighted by atomic mass is 10.2. The van der Waals surface area contributed by atoms with Gasteiger partial charge in [-0.15, -0.1) is 0 Å². The Labute approximate surface area is 107 Å². The van der Waals surface area contributed by atoms with Crippen LogP contribution in [0.4, 0.5) is 19.3 Å². The van der Waals surface area contributed by atoms with Crippen LogP contribution in [0.3, 0.4) is 0 Å². The molecule has 2 rings (SSSR count). The monoisotopic (exact) mass is 270 g/mol. The van der Waals surface area contributed by atoms with Crippen LogP contribution in [0.5, 0.6) is 0 Å². The van der Waals surface area contributed by atoms with Crippen molar-refractivity contribution in [2.45, 2.75) is 25.3 Å². The van der Waals surface area contributed by atoms with Crippen molar-refractivity contribution in [3.63, 3.8) is 0 Å². The van der Waals surface area contributed by atoms with Crippen LogP contribution in [-0.2, 0) is 4.79 Å². The number of halogens is 2. The summed E-state index contributed by atoms with van der Waals surface area (Å²) in [6, 6.07) is 0.932. The molecule has 1 aliphatic rings. The van der Waals surface area contributed by atoms with Crippen LogP contribution in [0.1, 0.15) is 18.4 Å². The maximum Gasteiger partial charge on any atom is 0.329 e. The molecule has 7 heteroatoms. The Hall–Kier alpha value is -2.18. The molecule has 1 aromatic rings. The third-order valence-electron chi connectivity index (χ3n) is 3.01. The molecule has 1 fully saturated rings. The molecule has 0 saturated heterocycles. The zero-order valence-electron chi connectivity index (χ0n) is 10.1. The highest BCUT2D eigenvalue weighted by Crippen LogP contribution is 2.35. The van der Waals surface area contributed by atoms with Crippen LogP contribution in [0.15, 0.2) is 12.1 Å². The number of benzene rings is 1. The minimum Gasteiger partial charge on any atom is -0.480 e. The van der Waals surface area contributed by atoms with Crippen molar-refractivity contribution < 1.29 is 23.5 Å². The Bertz CT molecular complexity index is 556. The smallest absolute Gasteiger partial charge is 0.329 e. The molecule has 1 aromatic carbocycles. The third-order valence-corrected chi connectivity index (χ3v) is 3.01. The zero-order valence-corrected chi connectivity index (χ0v) is 10.1. The molecule has 5 nitrogen and oxygen atoms in total. The molecule has 19 heavy (non-hydrogen) atoms. The standard InChI is InChI=1S/C12H12F2N2O3/c1-6-4-8(14)9(5-7(6)13)15-11(19)16-12(2-3-12)10(17)18/h4-5H,2-3H2,1H3,(H,17,18)(H2,15,16,19). The molecule has 0 unspecified atom stereocenters. The number of anilines is 1. The second-order valence-corrected chi connectivity index (χ2v) is 4.55. The fourth-order valence-electron chi connectivity index (χ4n) is 1.63. The van der Waals surface area contributed by atoms with Crippen molar-refractivity contribution in [2.75, 3.05) is 5.32 Å². The molecule has 0 aromatic heterocycles. The van der Waals surface area contributed by atoms with Crippen molar-refractivity contribution in [1.29, 1.82) is 0 Å². The Morgan fingerprint density at radius 1 is 1.26 bits per heavy atom. The number of urea groups is 1. The summed E-state index contributed by atoms with van der Waals surface area (Å²) in [6.07, 6.45) is 0.640. The summed E-state index contributed by atoms with van der Waals surface area (Å²) in [6.45, 7) is 1.39. The fourth-order valence-corrected chi connectivity index (χ4v) is 1.63. The number of aryl methyl sites for hydroxylation is 1. The number of carbonyl (C=O) groups excluding carboxylic acids is 1. The van der Waals surface area contributed by atoms with E-state index in [1.165, 1.54) is 6.92 Å². The lowest BCUT2D eigenvalue weighted by Crippen LogP contribution is -2.45. The van der Waals surface area contributed by atoms with Crippen molar-refractivity contribution in [3.8, 4) is 0 Å². The maximum atomic E-state index is 13.5. The average molecular weight is 270 g/mol. The van der Waals surface area contributed by atoms with Crippen LogP contribution >= 0.6 is 0 Å². The number of hydrogen-bond acceptors (Lipinski definition) is 2. The minimum absolute atomic E-state index is 0.118. The molecular formula is C12H12F2N2O3. The van der Waals surface area contributed by atoms with Gasteiger partial charge in [0.15, 0.2) is 0 Å². The summed E-state index contributed by atoms with van der Waals surface area (Å²) >= 11 is 0. The van der Waals surface area contributed by atoms with Gasteiger partial charge in [-0.05, 0) is 31.4 Å². The number of aliphatic carboxylic acids is 1. The van der Waals surface area contributed by atoms with Crippen LogP contribution in [0, 0.1) is 18.6 Å². The van der Waals surface area contributed by atoms with E-state index in [9.17, 15) is 18.4 Å². The molecule has 102 valence electrons. The molecule has 0 bridgehead atoms. The second kappa shape index (κ2) is 4.49. The molecule has 1 saturated carbocycles. The highest BCUT2D eigenvalue weighted by molar-refractivity contribution is 5.95. The Balaban J connectivity index is 2.08. The van der Waals surface area contributed by atoms with E-state index in [1.54, 1.807) is 0 Å². The largest absolute Gasteiger partial charge is 0.480 e. The van der Waals surface area contributed by atoms with E-state index < -0.39 is 29.2 Å². The van der Waals surface area contributed by atoms with E-state index in [1.807, 2.05) is 0 Å². The molecule has 0 spiro atoms. The Morgan fingerprint density at radius 3 is 2.42 bits per heavy atom. The lowest BCUT2D eigenvalue weighted by Gasteiger charge is -2.14. The highest BCUT2D eigenvalue weighted by atomic mass is 19.1. The minimum atomic E-state index is -1.27. The molecule has 3 N–H and O–H groups in total. The number of rotatable bonds is 3. The van der Waals surface area contributed by atoms with Gasteiger partial charge < -0.3 is 15.7 Å². The first kappa shape index (κ1) is 13.3. The van der Waals surface area contributed by atoms with Gasteiger partial charge in [0.25, 0.3) is 0 Å². The van der Waals surface area contributed by atoms with Crippen molar-refractivity contribution in [1.82, 2.24) is 5.32 Å². The number of nitrogens with one attached hydrogen (secondary N) is 2. The van der Waals surface area contributed by atoms with Gasteiger partial charge in [0.2, 0.25) is 0 Å². The van der Waals surface area contributed by atoms with Crippen LogP contribution in [-0.4, -0.2) is 22.6 Å². The third kappa shape index (κ3) is 2.64. The Kier molecular flexibility index (Phi) is 3.13. The normalized spacial score (nSPS) is 15.7. The van der Waals surface area contributed by atoms with Crippen LogP contribution < -0.4 is 10.6 Å². The quantitative estimate of drug-likeness (QED) is 0.786. The maximum absolute atomic E-state index is 13.5. The topological polar surface area (TPSA) is 78.4 Å². The van der Waals surface area contributed by atoms with E-state index >= 15 is 0 Å². The molecule has 1 aliphatic carbocycles. The number of carboxylic acid groups (broad SMARTS) is 1. The molecule has 0 heterocycles. The van der Waals surface area contributed by atoms with E-state index in [0.29, 0.717) is 12.8 Å². The molecule has 0 radical (unpaired) electrons. The van der Waals surface area contributed by atoms with Gasteiger partial charge in [-0.1, -0.05) is 0 Å². The Morgan fingerprint density at radius 2 is 1.89 bits per heavy atom. The number of amides is 2. The lowest BCUT2D eigenvalue weighted by molar-refractivity contribution is -0.140. The van der Waals surface area contributed by atoms with Gasteiger partial charge in [-0.3, -0.25) is 0 Å². The van der Waals surface area contributed by atoms with Crippen molar-refractivity contribution in [3.05, 3.63) is 29.3 Å². The first-order chi connectivity index (χ1) is 8.84. The van der Waals surface area contributed by atoms with Gasteiger partial charge in [0, 0.05) is 6.07 Å². The summed E-state index contributed by atoms with van der Waals surface area (Å²) in [5.41, 5.74) is -1.49. The number of carboxylic acids is 1. The highest BCUT2D eigenvalue weighted by Gasteiger charge is 2.51. The number of hydrogen-bond donors (Lipinski definition) is 3. The average Bonchev–Trinajstić information content (AvgIpc) is 3.06. The van der Waals surface area contributed by atoms with E-state index in [0.717, 1.165) is 12.1 Å². The van der Waals surface area contributed by atoms with Crippen molar-refractivity contribution in [2.24, 2.45) is 0 Å². The first-order valence-electron chi connectivity index (χ1n) is 5.62. The van der Waals surface area contributed by atoms with Gasteiger partial charge in [-0.2, -0.15) is 0 Å². The van der Waals surface area contributed by atoms with E-state index in [4.69, 9.17) is 5.11 Å². The summed E-state index contributed by atoms with van der Waals surface area (Å²) in [7, 11) is 0. The number of carbonyl (C=O) groups is 2. The van der Waals surface area contributed by atoms with Crippen molar-refractivity contribution >= 4 is 17.7 Å². The van der Waals surface area contributed by atoms with Crippen LogP contribution in [0.25, 0.3) is 0 Å². The van der Waals surface area contributed by atoms with Gasteiger partial charge in [0.05, 0.1) is 5.69 Å². The molecule has 0 aliphatic heterocycles. The van der Waals surface area contributed by atoms with E-state index in [-0.39, 0.29) is 11.3 Å². The second-order valence-electron chi connectivity index (χ2n) is 4.55. The van der Waals surface area contributed by atoms with Gasteiger partial charge in [-0.25, -0.2) is 18.4 Å². The molecule has 0 atom stereocenters. The van der Waals surface area contributed by atoms with Crippen LogP contribution in [0.2, 0.25) is 0 Å². The van der Waals surface area contributed by atoms with Gasteiger partial charge >= 0.3 is 12.0 Å².